The molecule has 0 radical (unpaired) electrons. The number of carbonyl (C=O) groups is 1. The van der Waals surface area contributed by atoms with Gasteiger partial charge in [-0.1, -0.05) is 0 Å². The molecule has 0 aliphatic heterocycles. The Balaban J connectivity index is 2.11. The molecule has 2 aromatic heterocycles. The first-order chi connectivity index (χ1) is 7.25. The first kappa shape index (κ1) is 10.3. The molecule has 1 N–H and O–H groups in total. The Kier molecular flexibility index (Phi) is 3.08. The number of carbonyl (C=O) groups excluding carboxylic acids is 1. The summed E-state index contributed by atoms with van der Waals surface area (Å²) in [5.74, 6) is -0.140. The van der Waals surface area contributed by atoms with Gasteiger partial charge in [-0.3, -0.25) is 4.79 Å². The highest BCUT2D eigenvalue weighted by atomic mass is 79.9. The molecule has 76 valence electrons. The molecule has 0 saturated heterocycles. The van der Waals surface area contributed by atoms with Crippen molar-refractivity contribution in [1.82, 2.24) is 10.2 Å². The van der Waals surface area contributed by atoms with Crippen LogP contribution in [0, 0.1) is 0 Å². The lowest BCUT2D eigenvalue weighted by Crippen LogP contribution is -2.10. The summed E-state index contributed by atoms with van der Waals surface area (Å²) in [5.41, 5.74) is 0.638. The second-order valence-electron chi connectivity index (χ2n) is 2.71. The number of hydrogen-bond acceptors (Lipinski definition) is 4. The Morgan fingerprint density at radius 1 is 1.47 bits per heavy atom. The minimum absolute atomic E-state index is 0.140. The van der Waals surface area contributed by atoms with Gasteiger partial charge in [0, 0.05) is 9.85 Å². The van der Waals surface area contributed by atoms with Gasteiger partial charge in [0.25, 0.3) is 5.91 Å². The monoisotopic (exact) mass is 283 g/mol. The van der Waals surface area contributed by atoms with Crippen molar-refractivity contribution in [1.29, 1.82) is 0 Å². The third kappa shape index (κ3) is 2.60. The number of thiophene rings is 1. The molecule has 15 heavy (non-hydrogen) atoms. The maximum Gasteiger partial charge on any atom is 0.265 e. The summed E-state index contributed by atoms with van der Waals surface area (Å²) in [5, 5.41) is 11.9. The number of aromatic nitrogens is 2. The van der Waals surface area contributed by atoms with Crippen molar-refractivity contribution in [3.05, 3.63) is 39.3 Å². The Morgan fingerprint density at radius 3 is 2.93 bits per heavy atom. The smallest absolute Gasteiger partial charge is 0.265 e. The molecule has 0 aliphatic rings. The predicted octanol–water partition coefficient (Wildman–Crippen LogP) is 2.55. The van der Waals surface area contributed by atoms with Gasteiger partial charge in [0.1, 0.15) is 0 Å². The van der Waals surface area contributed by atoms with E-state index in [1.807, 2.05) is 5.38 Å². The van der Waals surface area contributed by atoms with E-state index in [4.69, 9.17) is 0 Å². The van der Waals surface area contributed by atoms with Crippen LogP contribution in [0.2, 0.25) is 0 Å². The minimum atomic E-state index is -0.140. The first-order valence-corrected chi connectivity index (χ1v) is 5.75. The summed E-state index contributed by atoms with van der Waals surface area (Å²) in [6, 6.07) is 3.46. The van der Waals surface area contributed by atoms with Crippen molar-refractivity contribution < 1.29 is 4.79 Å². The maximum atomic E-state index is 11.7. The molecule has 0 aromatic carbocycles. The molecule has 2 heterocycles. The van der Waals surface area contributed by atoms with Crippen LogP contribution in [0.15, 0.2) is 34.4 Å². The lowest BCUT2D eigenvalue weighted by atomic mass is 10.4. The fraction of sp³-hybridized carbons (Fsp3) is 0. The van der Waals surface area contributed by atoms with Crippen LogP contribution in [0.3, 0.4) is 0 Å². The summed E-state index contributed by atoms with van der Waals surface area (Å²) >= 11 is 4.68. The van der Waals surface area contributed by atoms with Gasteiger partial charge in [0.2, 0.25) is 0 Å². The van der Waals surface area contributed by atoms with Gasteiger partial charge >= 0.3 is 0 Å². The van der Waals surface area contributed by atoms with E-state index in [0.29, 0.717) is 10.6 Å². The van der Waals surface area contributed by atoms with Gasteiger partial charge in [-0.25, -0.2) is 0 Å². The highest BCUT2D eigenvalue weighted by Gasteiger charge is 2.08. The largest absolute Gasteiger partial charge is 0.320 e. The molecule has 0 bridgehead atoms. The molecule has 0 fully saturated rings. The summed E-state index contributed by atoms with van der Waals surface area (Å²) in [6.45, 7) is 0. The number of anilines is 1. The second kappa shape index (κ2) is 4.50. The number of rotatable bonds is 2. The zero-order valence-corrected chi connectivity index (χ0v) is 9.88. The lowest BCUT2D eigenvalue weighted by Gasteiger charge is -2.00. The summed E-state index contributed by atoms with van der Waals surface area (Å²) in [6.07, 6.45) is 3.03. The Bertz CT molecular complexity index is 471. The average Bonchev–Trinajstić information content (AvgIpc) is 2.66. The molecule has 0 spiro atoms. The highest BCUT2D eigenvalue weighted by Crippen LogP contribution is 2.20. The Morgan fingerprint density at radius 2 is 2.33 bits per heavy atom. The van der Waals surface area contributed by atoms with Crippen LogP contribution in [0.5, 0.6) is 0 Å². The van der Waals surface area contributed by atoms with E-state index in [1.165, 1.54) is 23.7 Å². The van der Waals surface area contributed by atoms with Crippen molar-refractivity contribution in [3.63, 3.8) is 0 Å². The molecule has 0 aliphatic carbocycles. The summed E-state index contributed by atoms with van der Waals surface area (Å²) in [7, 11) is 0. The lowest BCUT2D eigenvalue weighted by molar-refractivity contribution is 0.103. The van der Waals surface area contributed by atoms with Crippen LogP contribution in [0.4, 0.5) is 5.69 Å². The topological polar surface area (TPSA) is 54.9 Å². The average molecular weight is 284 g/mol. The van der Waals surface area contributed by atoms with Crippen LogP contribution in [-0.2, 0) is 0 Å². The van der Waals surface area contributed by atoms with E-state index >= 15 is 0 Å². The molecular weight excluding hydrogens is 278 g/mol. The SMILES string of the molecule is O=C(Nc1ccnnc1)c1cc(Br)cs1. The van der Waals surface area contributed by atoms with Crippen molar-refractivity contribution >= 4 is 38.9 Å². The fourth-order valence-corrected chi connectivity index (χ4v) is 2.31. The van der Waals surface area contributed by atoms with E-state index in [9.17, 15) is 4.79 Å². The van der Waals surface area contributed by atoms with Crippen molar-refractivity contribution in [3.8, 4) is 0 Å². The number of amides is 1. The molecule has 0 saturated carbocycles. The van der Waals surface area contributed by atoms with Gasteiger partial charge in [0.15, 0.2) is 0 Å². The molecule has 2 aromatic rings. The van der Waals surface area contributed by atoms with E-state index in [-0.39, 0.29) is 5.91 Å². The molecule has 4 nitrogen and oxygen atoms in total. The fourth-order valence-electron chi connectivity index (χ4n) is 0.989. The Labute approximate surface area is 98.5 Å². The number of nitrogens with zero attached hydrogens (tertiary/aromatic N) is 2. The summed E-state index contributed by atoms with van der Waals surface area (Å²) < 4.78 is 0.908. The zero-order chi connectivity index (χ0) is 10.7. The molecule has 1 amide bonds. The van der Waals surface area contributed by atoms with E-state index in [0.717, 1.165) is 4.47 Å². The maximum absolute atomic E-state index is 11.7. The van der Waals surface area contributed by atoms with Crippen molar-refractivity contribution in [2.24, 2.45) is 0 Å². The van der Waals surface area contributed by atoms with Crippen molar-refractivity contribution in [2.75, 3.05) is 5.32 Å². The molecule has 2 rings (SSSR count). The van der Waals surface area contributed by atoms with Gasteiger partial charge in [0.05, 0.1) is 23.0 Å². The highest BCUT2D eigenvalue weighted by molar-refractivity contribution is 9.10. The van der Waals surface area contributed by atoms with Crippen LogP contribution in [0.1, 0.15) is 9.67 Å². The number of halogens is 1. The molecule has 0 unspecified atom stereocenters. The minimum Gasteiger partial charge on any atom is -0.320 e. The quantitative estimate of drug-likeness (QED) is 0.922. The molecular formula is C9H6BrN3OS. The van der Waals surface area contributed by atoms with Gasteiger partial charge in [-0.15, -0.1) is 11.3 Å². The van der Waals surface area contributed by atoms with Gasteiger partial charge < -0.3 is 5.32 Å². The summed E-state index contributed by atoms with van der Waals surface area (Å²) in [4.78, 5) is 12.3. The molecule has 0 atom stereocenters. The van der Waals surface area contributed by atoms with Crippen LogP contribution < -0.4 is 5.32 Å². The van der Waals surface area contributed by atoms with E-state index in [2.05, 4.69) is 31.4 Å². The Hall–Kier alpha value is -1.27. The number of nitrogens with one attached hydrogen (secondary N) is 1. The van der Waals surface area contributed by atoms with Crippen molar-refractivity contribution in [2.45, 2.75) is 0 Å². The predicted molar refractivity (Wildman–Crippen MR) is 62.0 cm³/mol. The molecule has 6 heteroatoms. The van der Waals surface area contributed by atoms with Crippen LogP contribution in [-0.4, -0.2) is 16.1 Å². The third-order valence-electron chi connectivity index (χ3n) is 1.63. The van der Waals surface area contributed by atoms with E-state index in [1.54, 1.807) is 12.1 Å². The third-order valence-corrected chi connectivity index (χ3v) is 3.32. The first-order valence-electron chi connectivity index (χ1n) is 4.08. The second-order valence-corrected chi connectivity index (χ2v) is 4.54. The normalized spacial score (nSPS) is 9.93. The van der Waals surface area contributed by atoms with E-state index < -0.39 is 0 Å². The number of hydrogen-bond donors (Lipinski definition) is 1. The standard InChI is InChI=1S/C9H6BrN3OS/c10-6-3-8(15-5-6)9(14)13-7-1-2-11-12-4-7/h1-5H,(H,11,13,14). The van der Waals surface area contributed by atoms with Crippen LogP contribution in [0.25, 0.3) is 0 Å². The zero-order valence-electron chi connectivity index (χ0n) is 7.48. The van der Waals surface area contributed by atoms with Gasteiger partial charge in [-0.2, -0.15) is 10.2 Å². The van der Waals surface area contributed by atoms with Gasteiger partial charge in [-0.05, 0) is 28.1 Å². The van der Waals surface area contributed by atoms with Crippen LogP contribution >= 0.6 is 27.3 Å².